The van der Waals surface area contributed by atoms with Crippen LogP contribution in [0.4, 0.5) is 4.39 Å². The molecular formula is C14H20FN3O. The highest BCUT2D eigenvalue weighted by atomic mass is 19.1. The number of halogens is 1. The van der Waals surface area contributed by atoms with Crippen molar-refractivity contribution in [2.24, 2.45) is 0 Å². The fourth-order valence-electron chi connectivity index (χ4n) is 2.67. The molecule has 1 unspecified atom stereocenters. The van der Waals surface area contributed by atoms with Crippen molar-refractivity contribution in [1.29, 1.82) is 0 Å². The summed E-state index contributed by atoms with van der Waals surface area (Å²) in [6, 6.07) is 1.82. The molecule has 5 heteroatoms. The van der Waals surface area contributed by atoms with Crippen molar-refractivity contribution in [3.63, 3.8) is 0 Å². The van der Waals surface area contributed by atoms with Crippen LogP contribution in [0.5, 0.6) is 0 Å². The molecule has 4 nitrogen and oxygen atoms in total. The summed E-state index contributed by atoms with van der Waals surface area (Å²) in [7, 11) is 1.73. The summed E-state index contributed by atoms with van der Waals surface area (Å²) >= 11 is 0. The first-order valence-electron chi connectivity index (χ1n) is 6.72. The zero-order valence-electron chi connectivity index (χ0n) is 11.5. The van der Waals surface area contributed by atoms with Gasteiger partial charge in [0.2, 0.25) is 0 Å². The fourth-order valence-corrected chi connectivity index (χ4v) is 2.67. The highest BCUT2D eigenvalue weighted by Crippen LogP contribution is 2.18. The van der Waals surface area contributed by atoms with E-state index in [0.717, 1.165) is 25.7 Å². The lowest BCUT2D eigenvalue weighted by molar-refractivity contribution is 0.0750. The summed E-state index contributed by atoms with van der Waals surface area (Å²) in [5, 5.41) is 0. The molecule has 104 valence electrons. The number of aromatic nitrogens is 1. The van der Waals surface area contributed by atoms with Gasteiger partial charge in [-0.2, -0.15) is 0 Å². The van der Waals surface area contributed by atoms with E-state index in [2.05, 4.69) is 16.8 Å². The Morgan fingerprint density at radius 2 is 2.42 bits per heavy atom. The van der Waals surface area contributed by atoms with E-state index in [-0.39, 0.29) is 11.5 Å². The lowest BCUT2D eigenvalue weighted by Crippen LogP contribution is -2.41. The Bertz CT molecular complexity index is 452. The number of rotatable bonds is 4. The van der Waals surface area contributed by atoms with Gasteiger partial charge in [-0.15, -0.1) is 0 Å². The molecule has 1 aromatic rings. The van der Waals surface area contributed by atoms with Crippen LogP contribution in [-0.2, 0) is 0 Å². The minimum atomic E-state index is -0.557. The molecule has 19 heavy (non-hydrogen) atoms. The molecule has 0 aliphatic carbocycles. The maximum atomic E-state index is 13.5. The van der Waals surface area contributed by atoms with Gasteiger partial charge in [0.15, 0.2) is 5.82 Å². The SMILES string of the molecule is CCN1CCCC1CN(C)C(=O)c1ccncc1F. The van der Waals surface area contributed by atoms with Crippen LogP contribution < -0.4 is 0 Å². The van der Waals surface area contributed by atoms with Gasteiger partial charge in [0.1, 0.15) is 0 Å². The predicted molar refractivity (Wildman–Crippen MR) is 71.4 cm³/mol. The average molecular weight is 265 g/mol. The number of hydrogen-bond donors (Lipinski definition) is 0. The predicted octanol–water partition coefficient (Wildman–Crippen LogP) is 1.78. The van der Waals surface area contributed by atoms with Crippen molar-refractivity contribution >= 4 is 5.91 Å². The number of carbonyl (C=O) groups excluding carboxylic acids is 1. The van der Waals surface area contributed by atoms with Gasteiger partial charge in [0, 0.05) is 25.8 Å². The lowest BCUT2D eigenvalue weighted by atomic mass is 10.2. The van der Waals surface area contributed by atoms with Crippen molar-refractivity contribution in [2.45, 2.75) is 25.8 Å². The lowest BCUT2D eigenvalue weighted by Gasteiger charge is -2.27. The van der Waals surface area contributed by atoms with Crippen LogP contribution in [0.2, 0.25) is 0 Å². The first-order chi connectivity index (χ1) is 9.13. The third-order valence-electron chi connectivity index (χ3n) is 3.74. The van der Waals surface area contributed by atoms with Crippen molar-refractivity contribution in [3.05, 3.63) is 29.8 Å². The second-order valence-electron chi connectivity index (χ2n) is 4.97. The van der Waals surface area contributed by atoms with Gasteiger partial charge in [-0.3, -0.25) is 14.7 Å². The number of pyridine rings is 1. The maximum absolute atomic E-state index is 13.5. The van der Waals surface area contributed by atoms with Crippen molar-refractivity contribution in [3.8, 4) is 0 Å². The van der Waals surface area contributed by atoms with E-state index in [0.29, 0.717) is 12.6 Å². The maximum Gasteiger partial charge on any atom is 0.256 e. The number of hydrogen-bond acceptors (Lipinski definition) is 3. The van der Waals surface area contributed by atoms with Crippen LogP contribution in [0, 0.1) is 5.82 Å². The molecule has 2 rings (SSSR count). The second-order valence-corrected chi connectivity index (χ2v) is 4.97. The van der Waals surface area contributed by atoms with Gasteiger partial charge in [-0.05, 0) is 32.0 Å². The van der Waals surface area contributed by atoms with Crippen LogP contribution in [0.1, 0.15) is 30.1 Å². The van der Waals surface area contributed by atoms with Crippen LogP contribution in [0.3, 0.4) is 0 Å². The number of amides is 1. The molecule has 0 radical (unpaired) electrons. The summed E-state index contributed by atoms with van der Waals surface area (Å²) in [6.45, 7) is 4.86. The molecule has 1 aromatic heterocycles. The summed E-state index contributed by atoms with van der Waals surface area (Å²) in [6.07, 6.45) is 4.79. The molecule has 2 heterocycles. The number of carbonyl (C=O) groups is 1. The monoisotopic (exact) mass is 265 g/mol. The molecule has 1 amide bonds. The summed E-state index contributed by atoms with van der Waals surface area (Å²) in [5.74, 6) is -0.832. The normalized spacial score (nSPS) is 19.6. The van der Waals surface area contributed by atoms with Gasteiger partial charge < -0.3 is 4.90 Å². The van der Waals surface area contributed by atoms with E-state index >= 15 is 0 Å². The van der Waals surface area contributed by atoms with Crippen molar-refractivity contribution in [2.75, 3.05) is 26.7 Å². The molecular weight excluding hydrogens is 245 g/mol. The molecule has 1 aliphatic heterocycles. The zero-order valence-corrected chi connectivity index (χ0v) is 11.5. The van der Waals surface area contributed by atoms with E-state index in [1.807, 2.05) is 0 Å². The van der Waals surface area contributed by atoms with Gasteiger partial charge >= 0.3 is 0 Å². The molecule has 1 saturated heterocycles. The highest BCUT2D eigenvalue weighted by Gasteiger charge is 2.26. The topological polar surface area (TPSA) is 36.4 Å². The summed E-state index contributed by atoms with van der Waals surface area (Å²) < 4.78 is 13.5. The molecule has 1 aliphatic rings. The van der Waals surface area contributed by atoms with Gasteiger partial charge in [-0.1, -0.05) is 6.92 Å². The fraction of sp³-hybridized carbons (Fsp3) is 0.571. The molecule has 1 atom stereocenters. The van der Waals surface area contributed by atoms with Crippen LogP contribution in [0.25, 0.3) is 0 Å². The standard InChI is InChI=1S/C14H20FN3O/c1-3-18-8-4-5-11(18)10-17(2)14(19)12-6-7-16-9-13(12)15/h6-7,9,11H,3-5,8,10H2,1-2H3. The van der Waals surface area contributed by atoms with E-state index < -0.39 is 5.82 Å². The molecule has 0 aromatic carbocycles. The quantitative estimate of drug-likeness (QED) is 0.832. The third kappa shape index (κ3) is 3.10. The van der Waals surface area contributed by atoms with Crippen LogP contribution in [-0.4, -0.2) is 53.4 Å². The molecule has 0 spiro atoms. The molecule has 0 N–H and O–H groups in total. The van der Waals surface area contributed by atoms with Gasteiger partial charge in [0.05, 0.1) is 11.8 Å². The van der Waals surface area contributed by atoms with E-state index in [9.17, 15) is 9.18 Å². The average Bonchev–Trinajstić information content (AvgIpc) is 2.85. The highest BCUT2D eigenvalue weighted by molar-refractivity contribution is 5.94. The Balaban J connectivity index is 2.02. The number of likely N-dealkylation sites (tertiary alicyclic amines) is 1. The summed E-state index contributed by atoms with van der Waals surface area (Å²) in [5.41, 5.74) is 0.0959. The van der Waals surface area contributed by atoms with E-state index in [1.165, 1.54) is 18.7 Å². The van der Waals surface area contributed by atoms with Gasteiger partial charge in [-0.25, -0.2) is 4.39 Å². The Labute approximate surface area is 113 Å². The smallest absolute Gasteiger partial charge is 0.256 e. The minimum absolute atomic E-state index is 0.0959. The molecule has 0 saturated carbocycles. The largest absolute Gasteiger partial charge is 0.340 e. The molecule has 1 fully saturated rings. The van der Waals surface area contributed by atoms with Gasteiger partial charge in [0.25, 0.3) is 5.91 Å². The first-order valence-corrected chi connectivity index (χ1v) is 6.72. The minimum Gasteiger partial charge on any atom is -0.340 e. The Kier molecular flexibility index (Phi) is 4.47. The van der Waals surface area contributed by atoms with Crippen LogP contribution in [0.15, 0.2) is 18.5 Å². The Morgan fingerprint density at radius 1 is 1.63 bits per heavy atom. The second kappa shape index (κ2) is 6.10. The first kappa shape index (κ1) is 13.9. The van der Waals surface area contributed by atoms with Crippen LogP contribution >= 0.6 is 0 Å². The van der Waals surface area contributed by atoms with E-state index in [4.69, 9.17) is 0 Å². The van der Waals surface area contributed by atoms with E-state index in [1.54, 1.807) is 11.9 Å². The number of nitrogens with zero attached hydrogens (tertiary/aromatic N) is 3. The van der Waals surface area contributed by atoms with Crippen molar-refractivity contribution < 1.29 is 9.18 Å². The molecule has 0 bridgehead atoms. The Morgan fingerprint density at radius 3 is 3.11 bits per heavy atom. The third-order valence-corrected chi connectivity index (χ3v) is 3.74. The summed E-state index contributed by atoms with van der Waals surface area (Å²) in [4.78, 5) is 19.8. The zero-order chi connectivity index (χ0) is 13.8. The number of likely N-dealkylation sites (N-methyl/N-ethyl adjacent to an activating group) is 2. The van der Waals surface area contributed by atoms with Crippen molar-refractivity contribution in [1.82, 2.24) is 14.8 Å². The Hall–Kier alpha value is -1.49.